The van der Waals surface area contributed by atoms with E-state index in [4.69, 9.17) is 19.3 Å². The van der Waals surface area contributed by atoms with E-state index in [0.29, 0.717) is 24.7 Å². The molecule has 0 spiro atoms. The molecule has 5 rings (SSSR count). The molecule has 8 nitrogen and oxygen atoms in total. The molecule has 0 amide bonds. The molecule has 0 aliphatic carbocycles. The number of phenols is 1. The number of phenolic OH excluding ortho intramolecular Hbond substituents is 1. The molecular weight excluding hydrogens is 384 g/mol. The van der Waals surface area contributed by atoms with E-state index in [1.807, 2.05) is 30.3 Å². The van der Waals surface area contributed by atoms with Gasteiger partial charge in [-0.1, -0.05) is 12.1 Å². The second-order valence-electron chi connectivity index (χ2n) is 6.88. The summed E-state index contributed by atoms with van der Waals surface area (Å²) in [7, 11) is 1.52. The zero-order chi connectivity index (χ0) is 20.5. The third kappa shape index (κ3) is 3.27. The average Bonchev–Trinajstić information content (AvgIpc) is 3.21. The van der Waals surface area contributed by atoms with Crippen molar-refractivity contribution in [1.82, 2.24) is 14.6 Å². The molecule has 8 heteroatoms. The normalized spacial score (nSPS) is 13.0. The fourth-order valence-corrected chi connectivity index (χ4v) is 3.51. The summed E-state index contributed by atoms with van der Waals surface area (Å²) >= 11 is 0. The number of benzene rings is 2. The Balaban J connectivity index is 1.44. The topological polar surface area (TPSA) is 90.1 Å². The Morgan fingerprint density at radius 3 is 3.03 bits per heavy atom. The molecule has 0 radical (unpaired) electrons. The maximum Gasteiger partial charge on any atom is 0.189 e. The third-order valence-electron chi connectivity index (χ3n) is 5.07. The molecular formula is C22H20N4O4. The van der Waals surface area contributed by atoms with Gasteiger partial charge in [-0.3, -0.25) is 0 Å². The molecule has 4 aromatic rings. The van der Waals surface area contributed by atoms with Gasteiger partial charge in [0.15, 0.2) is 23.9 Å². The number of nitrogens with one attached hydrogen (secondary N) is 1. The summed E-state index contributed by atoms with van der Waals surface area (Å²) in [5.74, 6) is 2.06. The molecule has 3 heterocycles. The van der Waals surface area contributed by atoms with Crippen LogP contribution in [0.4, 0.5) is 5.82 Å². The molecule has 30 heavy (non-hydrogen) atoms. The van der Waals surface area contributed by atoms with E-state index in [0.717, 1.165) is 33.8 Å². The van der Waals surface area contributed by atoms with E-state index >= 15 is 0 Å². The Labute approximate surface area is 172 Å². The largest absolute Gasteiger partial charge is 0.504 e. The van der Waals surface area contributed by atoms with Crippen LogP contribution in [0.3, 0.4) is 0 Å². The highest BCUT2D eigenvalue weighted by Crippen LogP contribution is 2.32. The van der Waals surface area contributed by atoms with Crippen LogP contribution in [0.25, 0.3) is 16.9 Å². The summed E-state index contributed by atoms with van der Waals surface area (Å²) in [5, 5.41) is 17.9. The van der Waals surface area contributed by atoms with Crippen molar-refractivity contribution < 1.29 is 19.3 Å². The lowest BCUT2D eigenvalue weighted by molar-refractivity contribution is -0.0168. The Hall–Kier alpha value is -3.78. The quantitative estimate of drug-likeness (QED) is 0.525. The van der Waals surface area contributed by atoms with Crippen LogP contribution < -0.4 is 14.8 Å². The predicted octanol–water partition coefficient (Wildman–Crippen LogP) is 3.59. The number of nitrogens with zero attached hydrogens (tertiary/aromatic N) is 3. The number of aromatic hydroxyl groups is 1. The Morgan fingerprint density at radius 1 is 1.20 bits per heavy atom. The zero-order valence-corrected chi connectivity index (χ0v) is 16.3. The lowest BCUT2D eigenvalue weighted by Gasteiger charge is -2.20. The molecule has 0 fully saturated rings. The van der Waals surface area contributed by atoms with Gasteiger partial charge >= 0.3 is 0 Å². The van der Waals surface area contributed by atoms with Gasteiger partial charge in [0.1, 0.15) is 11.6 Å². The van der Waals surface area contributed by atoms with Crippen molar-refractivity contribution in [2.75, 3.05) is 19.2 Å². The number of aromatic nitrogens is 3. The monoisotopic (exact) mass is 404 g/mol. The highest BCUT2D eigenvalue weighted by molar-refractivity contribution is 5.67. The van der Waals surface area contributed by atoms with E-state index in [-0.39, 0.29) is 12.5 Å². The molecule has 2 N–H and O–H groups in total. The van der Waals surface area contributed by atoms with Crippen molar-refractivity contribution in [3.63, 3.8) is 0 Å². The van der Waals surface area contributed by atoms with Crippen LogP contribution in [-0.2, 0) is 17.9 Å². The fraction of sp³-hybridized carbons (Fsp3) is 0.182. The number of fused-ring (bicyclic) bond motifs is 2. The first-order chi connectivity index (χ1) is 14.7. The van der Waals surface area contributed by atoms with Crippen LogP contribution in [0.1, 0.15) is 11.1 Å². The maximum atomic E-state index is 9.86. The number of hydrogen-bond acceptors (Lipinski definition) is 7. The number of anilines is 1. The van der Waals surface area contributed by atoms with Crippen LogP contribution in [0, 0.1) is 0 Å². The maximum absolute atomic E-state index is 9.86. The number of hydrogen-bond donors (Lipinski definition) is 2. The van der Waals surface area contributed by atoms with Gasteiger partial charge in [0.2, 0.25) is 0 Å². The molecule has 1 aliphatic rings. The van der Waals surface area contributed by atoms with Crippen molar-refractivity contribution in [1.29, 1.82) is 0 Å². The summed E-state index contributed by atoms with van der Waals surface area (Å²) in [6.45, 7) is 1.41. The number of ether oxygens (including phenoxy) is 3. The van der Waals surface area contributed by atoms with Crippen LogP contribution in [0.5, 0.6) is 17.2 Å². The molecule has 0 saturated heterocycles. The van der Waals surface area contributed by atoms with Crippen molar-refractivity contribution in [2.45, 2.75) is 13.2 Å². The van der Waals surface area contributed by atoms with E-state index in [1.165, 1.54) is 7.11 Å². The first kappa shape index (κ1) is 18.3. The smallest absolute Gasteiger partial charge is 0.189 e. The van der Waals surface area contributed by atoms with Gasteiger partial charge in [-0.15, -0.1) is 5.10 Å². The summed E-state index contributed by atoms with van der Waals surface area (Å²) in [6, 6.07) is 14.9. The van der Waals surface area contributed by atoms with Crippen LogP contribution >= 0.6 is 0 Å². The summed E-state index contributed by atoms with van der Waals surface area (Å²) in [6.07, 6.45) is 1.75. The molecule has 0 bridgehead atoms. The van der Waals surface area contributed by atoms with Crippen molar-refractivity contribution in [3.05, 3.63) is 65.9 Å². The van der Waals surface area contributed by atoms with E-state index in [9.17, 15) is 5.11 Å². The SMILES string of the molecule is COc1cc(-c2cnc3ccc(NCc4cccc5c4COCO5)nn23)ccc1O. The molecule has 2 aromatic carbocycles. The summed E-state index contributed by atoms with van der Waals surface area (Å²) < 4.78 is 18.0. The average molecular weight is 404 g/mol. The van der Waals surface area contributed by atoms with Crippen molar-refractivity contribution >= 4 is 11.5 Å². The van der Waals surface area contributed by atoms with Gasteiger partial charge in [-0.2, -0.15) is 0 Å². The van der Waals surface area contributed by atoms with E-state index < -0.39 is 0 Å². The van der Waals surface area contributed by atoms with Crippen molar-refractivity contribution in [2.24, 2.45) is 0 Å². The highest BCUT2D eigenvalue weighted by Gasteiger charge is 2.15. The minimum absolute atomic E-state index is 0.0875. The minimum Gasteiger partial charge on any atom is -0.504 e. The third-order valence-corrected chi connectivity index (χ3v) is 5.07. The predicted molar refractivity (Wildman–Crippen MR) is 111 cm³/mol. The molecule has 0 atom stereocenters. The summed E-state index contributed by atoms with van der Waals surface area (Å²) in [4.78, 5) is 4.43. The van der Waals surface area contributed by atoms with Gasteiger partial charge in [0.05, 0.1) is 25.6 Å². The zero-order valence-electron chi connectivity index (χ0n) is 16.3. The summed E-state index contributed by atoms with van der Waals surface area (Å²) in [5.41, 5.74) is 4.51. The number of rotatable bonds is 5. The van der Waals surface area contributed by atoms with Gasteiger partial charge in [0.25, 0.3) is 0 Å². The molecule has 0 saturated carbocycles. The Kier molecular flexibility index (Phi) is 4.61. The Morgan fingerprint density at radius 2 is 2.13 bits per heavy atom. The van der Waals surface area contributed by atoms with Crippen LogP contribution in [-0.4, -0.2) is 33.6 Å². The molecule has 0 unspecified atom stereocenters. The number of imidazole rings is 1. The first-order valence-corrected chi connectivity index (χ1v) is 9.50. The van der Waals surface area contributed by atoms with E-state index in [2.05, 4.69) is 10.3 Å². The first-order valence-electron chi connectivity index (χ1n) is 9.50. The lowest BCUT2D eigenvalue weighted by atomic mass is 10.1. The lowest BCUT2D eigenvalue weighted by Crippen LogP contribution is -2.14. The highest BCUT2D eigenvalue weighted by atomic mass is 16.7. The fourth-order valence-electron chi connectivity index (χ4n) is 3.51. The van der Waals surface area contributed by atoms with Crippen LogP contribution in [0.2, 0.25) is 0 Å². The van der Waals surface area contributed by atoms with Gasteiger partial charge in [-0.05, 0) is 42.0 Å². The minimum atomic E-state index is 0.0875. The second-order valence-corrected chi connectivity index (χ2v) is 6.88. The standard InChI is InChI=1S/C22H20N4O4/c1-28-20-9-14(5-6-18(20)27)17-11-24-22-8-7-21(25-26(17)22)23-10-15-3-2-4-19-16(15)12-29-13-30-19/h2-9,11,27H,10,12-13H2,1H3,(H,23,25). The van der Waals surface area contributed by atoms with E-state index in [1.54, 1.807) is 28.9 Å². The second kappa shape index (κ2) is 7.57. The molecule has 152 valence electrons. The Bertz CT molecular complexity index is 1220. The van der Waals surface area contributed by atoms with Gasteiger partial charge < -0.3 is 24.6 Å². The van der Waals surface area contributed by atoms with Gasteiger partial charge in [0, 0.05) is 17.7 Å². The van der Waals surface area contributed by atoms with Crippen LogP contribution in [0.15, 0.2) is 54.7 Å². The number of methoxy groups -OCH3 is 1. The molecule has 2 aromatic heterocycles. The van der Waals surface area contributed by atoms with Crippen molar-refractivity contribution in [3.8, 4) is 28.5 Å². The molecule has 1 aliphatic heterocycles. The van der Waals surface area contributed by atoms with Gasteiger partial charge in [-0.25, -0.2) is 9.50 Å².